The van der Waals surface area contributed by atoms with Crippen molar-refractivity contribution in [3.05, 3.63) is 122 Å². The first-order chi connectivity index (χ1) is 17.2. The highest BCUT2D eigenvalue weighted by molar-refractivity contribution is 5.96. The van der Waals surface area contributed by atoms with E-state index in [2.05, 4.69) is 0 Å². The summed E-state index contributed by atoms with van der Waals surface area (Å²) in [5, 5.41) is 18.7. The summed E-state index contributed by atoms with van der Waals surface area (Å²) in [5.41, 5.74) is 1.00. The second kappa shape index (κ2) is 11.4. The molecule has 0 saturated carbocycles. The highest BCUT2D eigenvalue weighted by Crippen LogP contribution is 2.15. The Morgan fingerprint density at radius 1 is 0.750 bits per heavy atom. The lowest BCUT2D eigenvalue weighted by Gasteiger charge is -1.97. The van der Waals surface area contributed by atoms with Crippen molar-refractivity contribution in [2.75, 3.05) is 0 Å². The van der Waals surface area contributed by atoms with Crippen molar-refractivity contribution in [3.8, 4) is 5.75 Å². The Morgan fingerprint density at radius 3 is 1.78 bits per heavy atom. The molecule has 182 valence electrons. The number of aromatic hydroxyl groups is 1. The Morgan fingerprint density at radius 2 is 1.25 bits per heavy atom. The van der Waals surface area contributed by atoms with E-state index in [9.17, 15) is 19.2 Å². The van der Waals surface area contributed by atoms with Gasteiger partial charge in [-0.05, 0) is 50.2 Å². The second-order valence-electron chi connectivity index (χ2n) is 7.57. The molecule has 0 bridgehead atoms. The number of aromatic carboxylic acids is 1. The van der Waals surface area contributed by atoms with E-state index in [-0.39, 0.29) is 35.2 Å². The van der Waals surface area contributed by atoms with Gasteiger partial charge in [-0.25, -0.2) is 4.79 Å². The molecule has 2 N–H and O–H groups in total. The van der Waals surface area contributed by atoms with Gasteiger partial charge in [-0.2, -0.15) is 0 Å². The maximum Gasteiger partial charge on any atom is 1.00 e. The summed E-state index contributed by atoms with van der Waals surface area (Å²) >= 11 is 0. The van der Waals surface area contributed by atoms with Crippen LogP contribution in [0, 0.1) is 6.92 Å². The fraction of sp³-hybridized carbons (Fsp3) is 0.0714. The van der Waals surface area contributed by atoms with E-state index < -0.39 is 5.97 Å². The topological polar surface area (TPSA) is 135 Å². The lowest BCUT2D eigenvalue weighted by Crippen LogP contribution is -2.05. The summed E-state index contributed by atoms with van der Waals surface area (Å²) in [6.07, 6.45) is 0. The van der Waals surface area contributed by atoms with Gasteiger partial charge in [-0.1, -0.05) is 36.4 Å². The molecule has 0 amide bonds. The zero-order valence-corrected chi connectivity index (χ0v) is 19.4. The third kappa shape index (κ3) is 6.32. The Labute approximate surface area is 206 Å². The number of phenols is 1. The van der Waals surface area contributed by atoms with Gasteiger partial charge in [-0.3, -0.25) is 14.4 Å². The zero-order valence-electron chi connectivity index (χ0n) is 20.4. The van der Waals surface area contributed by atoms with Crippen molar-refractivity contribution in [2.24, 2.45) is 0 Å². The van der Waals surface area contributed by atoms with Gasteiger partial charge < -0.3 is 19.0 Å². The molecule has 0 unspecified atom stereocenters. The van der Waals surface area contributed by atoms with E-state index in [4.69, 9.17) is 19.0 Å². The summed E-state index contributed by atoms with van der Waals surface area (Å²) in [5.74, 6) is -0.992. The molecule has 2 aromatic heterocycles. The van der Waals surface area contributed by atoms with Gasteiger partial charge >= 0.3 is 7.40 Å². The number of rotatable bonds is 2. The first-order valence-corrected chi connectivity index (χ1v) is 10.7. The molecule has 5 aromatic rings. The van der Waals surface area contributed by atoms with Crippen LogP contribution in [0.15, 0.2) is 103 Å². The van der Waals surface area contributed by atoms with Gasteiger partial charge in [0.1, 0.15) is 22.7 Å². The fourth-order valence-corrected chi connectivity index (χ4v) is 3.21. The predicted molar refractivity (Wildman–Crippen MR) is 136 cm³/mol. The normalized spacial score (nSPS) is 10.1. The van der Waals surface area contributed by atoms with Crippen LogP contribution in [0.3, 0.4) is 0 Å². The molecular formula is C28H23O8+. The lowest BCUT2D eigenvalue weighted by molar-refractivity contribution is 0.0662. The predicted octanol–water partition coefficient (Wildman–Crippen LogP) is 5.30. The molecule has 5 rings (SSSR count). The molecule has 0 aliphatic rings. The highest BCUT2D eigenvalue weighted by Gasteiger charge is 2.09. The van der Waals surface area contributed by atoms with Crippen LogP contribution in [0.1, 0.15) is 35.0 Å². The number of fused-ring (bicyclic) bond motifs is 2. The first-order valence-electron chi connectivity index (χ1n) is 10.7. The summed E-state index contributed by atoms with van der Waals surface area (Å²) in [6.45, 7) is 3.20. The van der Waals surface area contributed by atoms with Crippen LogP contribution in [-0.4, -0.2) is 22.0 Å². The molecule has 8 nitrogen and oxygen atoms in total. The number of para-hydroxylation sites is 3. The molecule has 8 heteroatoms. The zero-order chi connectivity index (χ0) is 26.2. The van der Waals surface area contributed by atoms with E-state index in [0.717, 1.165) is 6.07 Å². The largest absolute Gasteiger partial charge is 1.00 e. The summed E-state index contributed by atoms with van der Waals surface area (Å²) in [7, 11) is 0. The molecule has 0 aliphatic heterocycles. The van der Waals surface area contributed by atoms with E-state index in [1.807, 2.05) is 12.1 Å². The molecule has 3 aromatic carbocycles. The number of carbonyl (C=O) groups excluding carboxylic acids is 1. The van der Waals surface area contributed by atoms with E-state index >= 15 is 0 Å². The van der Waals surface area contributed by atoms with Gasteiger partial charge in [-0.15, -0.1) is 0 Å². The van der Waals surface area contributed by atoms with Gasteiger partial charge in [0, 0.05) is 12.1 Å². The molecule has 2 heterocycles. The minimum absolute atomic E-state index is 0. The molecule has 0 saturated heterocycles. The van der Waals surface area contributed by atoms with Crippen LogP contribution in [0.5, 0.6) is 5.75 Å². The number of benzene rings is 3. The molecule has 0 atom stereocenters. The maximum absolute atomic E-state index is 11.4. The van der Waals surface area contributed by atoms with Crippen molar-refractivity contribution in [1.82, 2.24) is 0 Å². The van der Waals surface area contributed by atoms with E-state index in [1.165, 1.54) is 19.1 Å². The maximum atomic E-state index is 11.4. The number of carboxylic acid groups (broad SMARTS) is 1. The van der Waals surface area contributed by atoms with Crippen LogP contribution in [0.25, 0.3) is 21.9 Å². The summed E-state index contributed by atoms with van der Waals surface area (Å²) in [4.78, 5) is 44.0. The van der Waals surface area contributed by atoms with Crippen LogP contribution in [0.4, 0.5) is 0 Å². The van der Waals surface area contributed by atoms with E-state index in [0.29, 0.717) is 27.7 Å². The second-order valence-corrected chi connectivity index (χ2v) is 7.57. The van der Waals surface area contributed by atoms with Crippen molar-refractivity contribution in [1.29, 1.82) is 0 Å². The molecular weight excluding hydrogens is 464 g/mol. The number of carboxylic acids is 1. The quantitative estimate of drug-likeness (QED) is 0.320. The van der Waals surface area contributed by atoms with Crippen LogP contribution in [0.2, 0.25) is 0 Å². The monoisotopic (exact) mass is 487 g/mol. The number of phenolic OH excluding ortho intramolecular Hbond substituents is 1. The molecule has 0 fully saturated rings. The van der Waals surface area contributed by atoms with Crippen LogP contribution in [-0.2, 0) is 0 Å². The molecule has 0 aliphatic carbocycles. The summed E-state index contributed by atoms with van der Waals surface area (Å²) in [6, 6.07) is 22.7. The Hall–Kier alpha value is -4.98. The smallest absolute Gasteiger partial charge is 0.507 e. The SMILES string of the molecule is CC(=O)c1ccccc1O.Cc1cc(=O)c2ccccc2o1.O=C(O)c1cc(=O)c2ccccc2o1.[H+]. The van der Waals surface area contributed by atoms with Crippen molar-refractivity contribution < 1.29 is 30.1 Å². The van der Waals surface area contributed by atoms with Gasteiger partial charge in [0.15, 0.2) is 16.6 Å². The fourth-order valence-electron chi connectivity index (χ4n) is 3.21. The number of aryl methyl sites for hydroxylation is 1. The lowest BCUT2D eigenvalue weighted by atomic mass is 10.1. The van der Waals surface area contributed by atoms with Crippen molar-refractivity contribution in [2.45, 2.75) is 13.8 Å². The number of hydrogen-bond acceptors (Lipinski definition) is 7. The Kier molecular flexibility index (Phi) is 8.14. The number of carbonyl (C=O) groups is 2. The number of ketones is 1. The third-order valence-electron chi connectivity index (χ3n) is 4.89. The number of Topliss-reactive ketones (excluding diaryl/α,β-unsaturated/α-hetero) is 1. The number of hydrogen-bond donors (Lipinski definition) is 2. The van der Waals surface area contributed by atoms with Gasteiger partial charge in [0.25, 0.3) is 0 Å². The van der Waals surface area contributed by atoms with Crippen LogP contribution < -0.4 is 10.9 Å². The van der Waals surface area contributed by atoms with Crippen LogP contribution >= 0.6 is 0 Å². The van der Waals surface area contributed by atoms with Crippen molar-refractivity contribution in [3.63, 3.8) is 0 Å². The highest BCUT2D eigenvalue weighted by atomic mass is 16.4. The molecule has 0 spiro atoms. The Balaban J connectivity index is 0.000000195. The molecule has 36 heavy (non-hydrogen) atoms. The van der Waals surface area contributed by atoms with Gasteiger partial charge in [0.2, 0.25) is 5.76 Å². The first kappa shape index (κ1) is 25.6. The van der Waals surface area contributed by atoms with Gasteiger partial charge in [0.05, 0.1) is 16.3 Å². The minimum atomic E-state index is -1.24. The standard InChI is InChI=1S/C10H6O4.C10H8O2.C8H8O2/c11-7-5-9(10(12)13)14-8-4-2-1-3-6(7)8;1-7-6-9(11)8-4-2-3-5-10(8)12-7;1-6(9)7-4-2-3-5-8(7)10/h1-5H,(H,12,13);2-6H,1H3;2-5,10H,1H3/p+1. The average Bonchev–Trinajstić information content (AvgIpc) is 2.85. The summed E-state index contributed by atoms with van der Waals surface area (Å²) < 4.78 is 10.3. The Bertz CT molecular complexity index is 1670. The minimum Gasteiger partial charge on any atom is -0.507 e. The molecule has 0 radical (unpaired) electrons. The van der Waals surface area contributed by atoms with E-state index in [1.54, 1.807) is 61.5 Å². The third-order valence-corrected chi connectivity index (χ3v) is 4.89. The average molecular weight is 487 g/mol. The van der Waals surface area contributed by atoms with Crippen molar-refractivity contribution >= 4 is 33.7 Å².